The number of nitro groups is 1. The molecule has 2 fully saturated rings. The van der Waals surface area contributed by atoms with Crippen molar-refractivity contribution in [3.05, 3.63) is 68.8 Å². The highest BCUT2D eigenvalue weighted by Gasteiger charge is 2.32. The summed E-state index contributed by atoms with van der Waals surface area (Å²) < 4.78 is 17.6. The van der Waals surface area contributed by atoms with Crippen molar-refractivity contribution in [3.8, 4) is 5.75 Å². The van der Waals surface area contributed by atoms with Gasteiger partial charge in [-0.25, -0.2) is 0 Å². The summed E-state index contributed by atoms with van der Waals surface area (Å²) >= 11 is 0. The lowest BCUT2D eigenvalue weighted by molar-refractivity contribution is -0.385. The Morgan fingerprint density at radius 3 is 2.60 bits per heavy atom. The van der Waals surface area contributed by atoms with E-state index in [-0.39, 0.29) is 23.5 Å². The van der Waals surface area contributed by atoms with Crippen molar-refractivity contribution in [1.82, 2.24) is 0 Å². The van der Waals surface area contributed by atoms with Crippen LogP contribution in [0.4, 0.5) is 5.69 Å². The minimum Gasteiger partial charge on any atom is -0.484 e. The van der Waals surface area contributed by atoms with Crippen LogP contribution in [-0.4, -0.2) is 31.0 Å². The van der Waals surface area contributed by atoms with Crippen LogP contribution in [0.25, 0.3) is 11.1 Å². The number of fused-ring (bicyclic) bond motifs is 1. The first-order valence-electron chi connectivity index (χ1n) is 13.1. The molecule has 6 nitrogen and oxygen atoms in total. The third kappa shape index (κ3) is 5.29. The molecule has 1 atom stereocenters. The molecule has 1 saturated carbocycles. The van der Waals surface area contributed by atoms with Crippen molar-refractivity contribution < 1.29 is 19.1 Å². The van der Waals surface area contributed by atoms with Crippen molar-refractivity contribution in [2.24, 2.45) is 5.92 Å². The second-order valence-electron chi connectivity index (χ2n) is 9.99. The summed E-state index contributed by atoms with van der Waals surface area (Å²) in [7, 11) is 0. The van der Waals surface area contributed by atoms with Crippen LogP contribution in [-0.2, 0) is 15.9 Å². The van der Waals surface area contributed by atoms with E-state index in [1.54, 1.807) is 6.07 Å². The number of allylic oxidation sites excluding steroid dienone is 2. The zero-order valence-corrected chi connectivity index (χ0v) is 20.6. The number of nitro benzene ring substituents is 1. The van der Waals surface area contributed by atoms with Crippen molar-refractivity contribution in [2.45, 2.75) is 71.0 Å². The number of ether oxygens (including phenoxy) is 3. The lowest BCUT2D eigenvalue weighted by Crippen LogP contribution is -2.24. The van der Waals surface area contributed by atoms with Crippen LogP contribution < -0.4 is 4.74 Å². The summed E-state index contributed by atoms with van der Waals surface area (Å²) in [6.45, 7) is 3.42. The van der Waals surface area contributed by atoms with E-state index in [2.05, 4.69) is 25.1 Å². The van der Waals surface area contributed by atoms with Gasteiger partial charge in [-0.15, -0.1) is 0 Å². The van der Waals surface area contributed by atoms with E-state index in [0.717, 1.165) is 37.9 Å². The first kappa shape index (κ1) is 24.0. The van der Waals surface area contributed by atoms with Crippen LogP contribution in [0, 0.1) is 23.0 Å². The molecule has 35 heavy (non-hydrogen) atoms. The van der Waals surface area contributed by atoms with Gasteiger partial charge >= 0.3 is 5.69 Å². The molecule has 0 aromatic heterocycles. The van der Waals surface area contributed by atoms with Gasteiger partial charge in [-0.05, 0) is 73.6 Å². The SMILES string of the molecule is Cc1ccc2c(c1)CC(c1cccc([N+](=O)[O-])c1OCCOC1CCCCO1)=C2C1CCCCC1. The van der Waals surface area contributed by atoms with Gasteiger partial charge in [0, 0.05) is 18.2 Å². The summed E-state index contributed by atoms with van der Waals surface area (Å²) in [4.78, 5) is 11.6. The number of nitrogens with zero attached hydrogens (tertiary/aromatic N) is 1. The lowest BCUT2D eigenvalue weighted by atomic mass is 9.79. The Kier molecular flexibility index (Phi) is 7.49. The highest BCUT2D eigenvalue weighted by Crippen LogP contribution is 2.49. The van der Waals surface area contributed by atoms with Crippen LogP contribution in [0.3, 0.4) is 0 Å². The third-order valence-electron chi connectivity index (χ3n) is 7.54. The largest absolute Gasteiger partial charge is 0.484 e. The second kappa shape index (κ2) is 10.9. The van der Waals surface area contributed by atoms with Gasteiger partial charge in [0.25, 0.3) is 0 Å². The van der Waals surface area contributed by atoms with Crippen molar-refractivity contribution in [1.29, 1.82) is 0 Å². The lowest BCUT2D eigenvalue weighted by Gasteiger charge is -2.26. The Balaban J connectivity index is 1.47. The molecule has 1 aliphatic heterocycles. The van der Waals surface area contributed by atoms with Crippen molar-refractivity contribution in [2.75, 3.05) is 19.8 Å². The molecule has 0 N–H and O–H groups in total. The molecule has 0 amide bonds. The minimum absolute atomic E-state index is 0.0130. The predicted octanol–water partition coefficient (Wildman–Crippen LogP) is 6.87. The molecule has 186 valence electrons. The Morgan fingerprint density at radius 1 is 1.00 bits per heavy atom. The average molecular weight is 478 g/mol. The summed E-state index contributed by atoms with van der Waals surface area (Å²) in [5.41, 5.74) is 7.29. The maximum Gasteiger partial charge on any atom is 0.311 e. The Labute approximate surface area is 207 Å². The van der Waals surface area contributed by atoms with E-state index >= 15 is 0 Å². The number of hydrogen-bond donors (Lipinski definition) is 0. The molecule has 5 rings (SSSR count). The molecule has 6 heteroatoms. The van der Waals surface area contributed by atoms with Crippen molar-refractivity contribution in [3.63, 3.8) is 0 Å². The molecule has 2 aliphatic carbocycles. The molecule has 0 bridgehead atoms. The van der Waals surface area contributed by atoms with Crippen LogP contribution >= 0.6 is 0 Å². The second-order valence-corrected chi connectivity index (χ2v) is 9.99. The third-order valence-corrected chi connectivity index (χ3v) is 7.54. The number of rotatable bonds is 8. The van der Waals surface area contributed by atoms with Crippen molar-refractivity contribution >= 4 is 16.8 Å². The average Bonchev–Trinajstić information content (AvgIpc) is 3.26. The van der Waals surface area contributed by atoms with Gasteiger partial charge in [0.2, 0.25) is 5.75 Å². The van der Waals surface area contributed by atoms with E-state index in [1.165, 1.54) is 66.0 Å². The van der Waals surface area contributed by atoms with Gasteiger partial charge in [-0.2, -0.15) is 0 Å². The highest BCUT2D eigenvalue weighted by atomic mass is 16.7. The van der Waals surface area contributed by atoms with E-state index in [4.69, 9.17) is 14.2 Å². The Hall–Kier alpha value is -2.70. The molecule has 2 aromatic carbocycles. The highest BCUT2D eigenvalue weighted by molar-refractivity contribution is 5.99. The van der Waals surface area contributed by atoms with Gasteiger partial charge < -0.3 is 14.2 Å². The van der Waals surface area contributed by atoms with Gasteiger partial charge in [0.15, 0.2) is 6.29 Å². The number of para-hydroxylation sites is 1. The van der Waals surface area contributed by atoms with E-state index < -0.39 is 0 Å². The number of aryl methyl sites for hydroxylation is 1. The predicted molar refractivity (Wildman–Crippen MR) is 136 cm³/mol. The zero-order valence-electron chi connectivity index (χ0n) is 20.6. The topological polar surface area (TPSA) is 70.8 Å². The summed E-state index contributed by atoms with van der Waals surface area (Å²) in [5.74, 6) is 0.847. The van der Waals surface area contributed by atoms with Crippen LogP contribution in [0.15, 0.2) is 36.4 Å². The summed E-state index contributed by atoms with van der Waals surface area (Å²) in [5, 5.41) is 12.0. The van der Waals surface area contributed by atoms with Crippen LogP contribution in [0.1, 0.15) is 73.6 Å². The number of hydrogen-bond acceptors (Lipinski definition) is 5. The van der Waals surface area contributed by atoms with Gasteiger partial charge in [0.05, 0.1) is 11.5 Å². The van der Waals surface area contributed by atoms with Gasteiger partial charge in [-0.3, -0.25) is 10.1 Å². The van der Waals surface area contributed by atoms with Gasteiger partial charge in [0.1, 0.15) is 6.61 Å². The van der Waals surface area contributed by atoms with E-state index in [0.29, 0.717) is 18.3 Å². The Morgan fingerprint density at radius 2 is 1.83 bits per heavy atom. The van der Waals surface area contributed by atoms with E-state index in [9.17, 15) is 10.1 Å². The molecule has 1 saturated heterocycles. The monoisotopic (exact) mass is 477 g/mol. The first-order chi connectivity index (χ1) is 17.1. The fraction of sp³-hybridized carbons (Fsp3) is 0.517. The van der Waals surface area contributed by atoms with Crippen LogP contribution in [0.5, 0.6) is 5.75 Å². The van der Waals surface area contributed by atoms with Crippen LogP contribution in [0.2, 0.25) is 0 Å². The van der Waals surface area contributed by atoms with Gasteiger partial charge in [-0.1, -0.05) is 55.2 Å². The molecule has 2 aromatic rings. The molecule has 0 radical (unpaired) electrons. The summed E-state index contributed by atoms with van der Waals surface area (Å²) in [6.07, 6.45) is 9.73. The molecule has 3 aliphatic rings. The van der Waals surface area contributed by atoms with E-state index in [1.807, 2.05) is 6.07 Å². The zero-order chi connectivity index (χ0) is 24.2. The maximum absolute atomic E-state index is 12.0. The number of benzene rings is 2. The summed E-state index contributed by atoms with van der Waals surface area (Å²) in [6, 6.07) is 12.0. The first-order valence-corrected chi connectivity index (χ1v) is 13.1. The smallest absolute Gasteiger partial charge is 0.311 e. The standard InChI is InChI=1S/C29H35NO5/c1-20-13-14-23-22(18-20)19-25(28(23)21-8-3-2-4-9-21)24-10-7-11-26(30(31)32)29(24)35-17-16-34-27-12-5-6-15-33-27/h7,10-11,13-14,18,21,27H,2-6,8-9,12,15-17,19H2,1H3. The maximum atomic E-state index is 12.0. The fourth-order valence-electron chi connectivity index (χ4n) is 5.90. The fourth-order valence-corrected chi connectivity index (χ4v) is 5.90. The Bertz CT molecular complexity index is 1100. The molecule has 0 spiro atoms. The minimum atomic E-state index is -0.336. The molecule has 1 unspecified atom stereocenters. The normalized spacial score (nSPS) is 20.7. The molecular formula is C29H35NO5. The quantitative estimate of drug-likeness (QED) is 0.236. The molecular weight excluding hydrogens is 442 g/mol. The molecule has 1 heterocycles.